The van der Waals surface area contributed by atoms with Crippen LogP contribution in [0.2, 0.25) is 0 Å². The molecule has 3 unspecified atom stereocenters. The molecule has 0 saturated heterocycles. The normalized spacial score (nSPS) is 22.4. The highest BCUT2D eigenvalue weighted by Gasteiger charge is 2.47. The first-order valence-electron chi connectivity index (χ1n) is 10.5. The molecule has 4 rings (SSSR count). The van der Waals surface area contributed by atoms with E-state index >= 15 is 0 Å². The van der Waals surface area contributed by atoms with E-state index in [2.05, 4.69) is 82.7 Å². The van der Waals surface area contributed by atoms with Crippen LogP contribution in [0.3, 0.4) is 0 Å². The molecule has 0 N–H and O–H groups in total. The van der Waals surface area contributed by atoms with Crippen LogP contribution in [0, 0.1) is 37.0 Å². The van der Waals surface area contributed by atoms with E-state index in [9.17, 15) is 5.26 Å². The Bertz CT molecular complexity index is 1080. The van der Waals surface area contributed by atoms with Crippen LogP contribution in [0.1, 0.15) is 49.4 Å². The minimum Gasteiger partial charge on any atom is -0.299 e. The molecule has 0 spiro atoms. The van der Waals surface area contributed by atoms with Crippen LogP contribution in [0.5, 0.6) is 0 Å². The Morgan fingerprint density at radius 2 is 1.77 bits per heavy atom. The largest absolute Gasteiger partial charge is 0.299 e. The molecule has 1 aliphatic carbocycles. The van der Waals surface area contributed by atoms with Crippen molar-refractivity contribution in [2.75, 3.05) is 0 Å². The summed E-state index contributed by atoms with van der Waals surface area (Å²) < 4.78 is 2.18. The molecule has 3 aromatic rings. The lowest BCUT2D eigenvalue weighted by atomic mass is 9.52. The minimum absolute atomic E-state index is 0.182. The summed E-state index contributed by atoms with van der Waals surface area (Å²) >= 11 is 0. The van der Waals surface area contributed by atoms with E-state index in [1.807, 2.05) is 24.5 Å². The van der Waals surface area contributed by atoms with Gasteiger partial charge in [-0.1, -0.05) is 45.0 Å². The molecule has 1 aliphatic rings. The van der Waals surface area contributed by atoms with Gasteiger partial charge in [0.15, 0.2) is 0 Å². The van der Waals surface area contributed by atoms with Gasteiger partial charge in [-0.25, -0.2) is 4.98 Å². The van der Waals surface area contributed by atoms with Crippen molar-refractivity contribution in [2.45, 2.75) is 46.5 Å². The van der Waals surface area contributed by atoms with Crippen molar-refractivity contribution in [3.63, 3.8) is 0 Å². The highest BCUT2D eigenvalue weighted by atomic mass is 15.1. The Labute approximate surface area is 180 Å². The highest BCUT2D eigenvalue weighted by Crippen LogP contribution is 2.54. The molecule has 2 aromatic carbocycles. The van der Waals surface area contributed by atoms with Crippen molar-refractivity contribution in [1.82, 2.24) is 9.55 Å². The van der Waals surface area contributed by atoms with Gasteiger partial charge in [-0.05, 0) is 66.3 Å². The summed E-state index contributed by atoms with van der Waals surface area (Å²) in [6.07, 6.45) is 5.11. The third-order valence-electron chi connectivity index (χ3n) is 6.89. The average molecular weight is 398 g/mol. The third-order valence-corrected chi connectivity index (χ3v) is 6.89. The van der Waals surface area contributed by atoms with E-state index in [1.165, 1.54) is 17.5 Å². The first-order valence-corrected chi connectivity index (χ1v) is 10.5. The molecule has 3 nitrogen and oxygen atoms in total. The quantitative estimate of drug-likeness (QED) is 0.458. The smallest absolute Gasteiger partial charge is 0.144 e. The summed E-state index contributed by atoms with van der Waals surface area (Å²) in [5.74, 6) is 2.37. The predicted octanol–water partition coefficient (Wildman–Crippen LogP) is 6.76. The molecule has 1 fully saturated rings. The summed E-state index contributed by atoms with van der Waals surface area (Å²) in [7, 11) is 0. The fourth-order valence-electron chi connectivity index (χ4n) is 5.11. The highest BCUT2D eigenvalue weighted by molar-refractivity contribution is 5.67. The number of nitrogens with zero attached hydrogens (tertiary/aromatic N) is 3. The molecule has 0 amide bonds. The number of rotatable bonds is 3. The van der Waals surface area contributed by atoms with Crippen molar-refractivity contribution in [3.8, 4) is 23.1 Å². The maximum atomic E-state index is 9.28. The summed E-state index contributed by atoms with van der Waals surface area (Å²) in [6.45, 7) is 17.2. The number of imidazole rings is 1. The lowest BCUT2D eigenvalue weighted by Crippen LogP contribution is -2.46. The van der Waals surface area contributed by atoms with E-state index in [0.717, 1.165) is 28.6 Å². The van der Waals surface area contributed by atoms with Crippen LogP contribution in [0.4, 0.5) is 0 Å². The lowest BCUT2D eigenvalue weighted by molar-refractivity contribution is 0.0744. The zero-order chi connectivity index (χ0) is 22.1. The fourth-order valence-corrected chi connectivity index (χ4v) is 5.11. The van der Waals surface area contributed by atoms with Gasteiger partial charge >= 0.3 is 0 Å². The number of hydrogen-bond acceptors (Lipinski definition) is 2. The molecule has 154 valence electrons. The first-order chi connectivity index (χ1) is 14.4. The first kappa shape index (κ1) is 21.6. The molecule has 0 radical (unpaired) electrons. The zero-order valence-electron chi connectivity index (χ0n) is 18.7. The van der Waals surface area contributed by atoms with E-state index in [4.69, 9.17) is 4.98 Å². The van der Waals surface area contributed by atoms with Gasteiger partial charge in [-0.3, -0.25) is 4.57 Å². The molecule has 3 heteroatoms. The molecular weight excluding hydrogens is 366 g/mol. The minimum atomic E-state index is 0.182. The number of aryl methyl sites for hydroxylation is 2. The summed E-state index contributed by atoms with van der Waals surface area (Å²) in [5.41, 5.74) is 6.76. The van der Waals surface area contributed by atoms with Gasteiger partial charge in [-0.2, -0.15) is 5.26 Å². The number of nitriles is 1. The maximum absolute atomic E-state index is 9.28. The summed E-state index contributed by atoms with van der Waals surface area (Å²) in [6, 6.07) is 14.9. The van der Waals surface area contributed by atoms with E-state index in [0.29, 0.717) is 11.5 Å². The standard InChI is InChI=1S/C25H27N3.C2H4/c1-16-12-20(15-26)13-17(2)23(16)28-11-10-27-24(28)21-8-6-7-9-22(21)25(5)14-18(3)19(25)4;1-2/h6-13,18-19H,14H2,1-5H3;1-2H2. The van der Waals surface area contributed by atoms with Gasteiger partial charge in [-0.15, -0.1) is 13.2 Å². The second kappa shape index (κ2) is 8.32. The fraction of sp³-hybridized carbons (Fsp3) is 0.333. The molecule has 1 aromatic heterocycles. The zero-order valence-corrected chi connectivity index (χ0v) is 18.7. The van der Waals surface area contributed by atoms with Crippen molar-refractivity contribution < 1.29 is 0 Å². The van der Waals surface area contributed by atoms with Gasteiger partial charge in [0.25, 0.3) is 0 Å². The van der Waals surface area contributed by atoms with Crippen LogP contribution in [0.25, 0.3) is 17.1 Å². The van der Waals surface area contributed by atoms with Crippen molar-refractivity contribution in [2.24, 2.45) is 11.8 Å². The average Bonchev–Trinajstić information content (AvgIpc) is 3.23. The molecular formula is C27H31N3. The number of hydrogen-bond donors (Lipinski definition) is 0. The number of aromatic nitrogens is 2. The van der Waals surface area contributed by atoms with Gasteiger partial charge < -0.3 is 0 Å². The van der Waals surface area contributed by atoms with Crippen LogP contribution in [-0.2, 0) is 5.41 Å². The van der Waals surface area contributed by atoms with Gasteiger partial charge in [0.1, 0.15) is 5.82 Å². The molecule has 1 saturated carbocycles. The second-order valence-electron chi connectivity index (χ2n) is 8.62. The Hall–Kier alpha value is -3.12. The van der Waals surface area contributed by atoms with Crippen LogP contribution in [0.15, 0.2) is 61.9 Å². The van der Waals surface area contributed by atoms with Gasteiger partial charge in [0.2, 0.25) is 0 Å². The Morgan fingerprint density at radius 3 is 2.33 bits per heavy atom. The monoisotopic (exact) mass is 397 g/mol. The van der Waals surface area contributed by atoms with Gasteiger partial charge in [0, 0.05) is 18.0 Å². The lowest BCUT2D eigenvalue weighted by Gasteiger charge is -2.52. The van der Waals surface area contributed by atoms with E-state index in [-0.39, 0.29) is 5.41 Å². The molecule has 0 bridgehead atoms. The van der Waals surface area contributed by atoms with E-state index in [1.54, 1.807) is 0 Å². The van der Waals surface area contributed by atoms with Gasteiger partial charge in [0.05, 0.1) is 17.3 Å². The Morgan fingerprint density at radius 1 is 1.13 bits per heavy atom. The second-order valence-corrected chi connectivity index (χ2v) is 8.62. The van der Waals surface area contributed by atoms with Crippen molar-refractivity contribution in [3.05, 3.63) is 84.2 Å². The van der Waals surface area contributed by atoms with Crippen molar-refractivity contribution in [1.29, 1.82) is 5.26 Å². The molecule has 0 aliphatic heterocycles. The number of benzene rings is 2. The Kier molecular flexibility index (Phi) is 5.99. The topological polar surface area (TPSA) is 41.6 Å². The van der Waals surface area contributed by atoms with Crippen LogP contribution >= 0.6 is 0 Å². The van der Waals surface area contributed by atoms with E-state index < -0.39 is 0 Å². The third kappa shape index (κ3) is 3.37. The predicted molar refractivity (Wildman–Crippen MR) is 125 cm³/mol. The molecule has 3 atom stereocenters. The van der Waals surface area contributed by atoms with Crippen LogP contribution < -0.4 is 0 Å². The Balaban J connectivity index is 0.00000124. The molecule has 30 heavy (non-hydrogen) atoms. The SMILES string of the molecule is C=C.Cc1cc(C#N)cc(C)c1-n1ccnc1-c1ccccc1C1(C)CC(C)C1C. The molecule has 1 heterocycles. The van der Waals surface area contributed by atoms with Crippen LogP contribution in [-0.4, -0.2) is 9.55 Å². The maximum Gasteiger partial charge on any atom is 0.144 e. The summed E-state index contributed by atoms with van der Waals surface area (Å²) in [5, 5.41) is 9.28. The summed E-state index contributed by atoms with van der Waals surface area (Å²) in [4.78, 5) is 4.76. The van der Waals surface area contributed by atoms with Crippen molar-refractivity contribution >= 4 is 0 Å².